The van der Waals surface area contributed by atoms with Gasteiger partial charge in [0.05, 0.1) is 0 Å². The number of benzene rings is 1. The number of ether oxygens (including phenoxy) is 1. The van der Waals surface area contributed by atoms with Crippen LogP contribution in [-0.2, 0) is 0 Å². The van der Waals surface area contributed by atoms with Crippen molar-refractivity contribution >= 4 is 11.8 Å². The van der Waals surface area contributed by atoms with Gasteiger partial charge in [0, 0.05) is 12.2 Å². The zero-order valence-electron chi connectivity index (χ0n) is 10.8. The Labute approximate surface area is 110 Å². The molecule has 5 heteroatoms. The topological polar surface area (TPSA) is 57.2 Å². The molecule has 0 atom stereocenters. The van der Waals surface area contributed by atoms with Crippen LogP contribution in [0.3, 0.4) is 0 Å². The summed E-state index contributed by atoms with van der Waals surface area (Å²) in [6.07, 6.45) is 1.74. The van der Waals surface area contributed by atoms with Crippen molar-refractivity contribution in [1.82, 2.24) is 4.57 Å². The van der Waals surface area contributed by atoms with E-state index in [1.807, 2.05) is 13.8 Å². The van der Waals surface area contributed by atoms with E-state index in [0.29, 0.717) is 11.4 Å². The molecule has 2 aromatic rings. The maximum atomic E-state index is 12.7. The van der Waals surface area contributed by atoms with Crippen molar-refractivity contribution in [3.8, 4) is 5.75 Å². The second-order valence-electron chi connectivity index (χ2n) is 4.46. The number of hydrogen-bond acceptors (Lipinski definition) is 3. The number of anilines is 1. The summed E-state index contributed by atoms with van der Waals surface area (Å²) in [5.41, 5.74) is 6.19. The number of halogens is 1. The molecule has 1 aromatic heterocycles. The minimum Gasteiger partial charge on any atom is -0.423 e. The minimum absolute atomic E-state index is 0.160. The molecular weight excluding hydrogens is 247 g/mol. The molecule has 0 bridgehead atoms. The minimum atomic E-state index is -0.552. The van der Waals surface area contributed by atoms with Crippen molar-refractivity contribution in [1.29, 1.82) is 0 Å². The van der Waals surface area contributed by atoms with Crippen molar-refractivity contribution in [2.24, 2.45) is 0 Å². The Hall–Kier alpha value is -2.30. The van der Waals surface area contributed by atoms with Gasteiger partial charge in [-0.05, 0) is 44.2 Å². The first-order valence-electron chi connectivity index (χ1n) is 5.93. The summed E-state index contributed by atoms with van der Waals surface area (Å²) in [4.78, 5) is 11.9. The van der Waals surface area contributed by atoms with E-state index in [0.717, 1.165) is 0 Å². The number of carbonyl (C=O) groups is 1. The number of nitrogen functional groups attached to an aromatic ring is 1. The van der Waals surface area contributed by atoms with Gasteiger partial charge in [0.2, 0.25) is 0 Å². The fraction of sp³-hybridized carbons (Fsp3) is 0.214. The van der Waals surface area contributed by atoms with Crippen LogP contribution in [-0.4, -0.2) is 10.5 Å². The lowest BCUT2D eigenvalue weighted by Crippen LogP contribution is -2.12. The molecule has 100 valence electrons. The highest BCUT2D eigenvalue weighted by molar-refractivity contribution is 5.95. The van der Waals surface area contributed by atoms with Crippen LogP contribution in [0.1, 0.15) is 30.2 Å². The van der Waals surface area contributed by atoms with Gasteiger partial charge < -0.3 is 15.0 Å². The number of esters is 1. The first-order valence-corrected chi connectivity index (χ1v) is 5.93. The van der Waals surface area contributed by atoms with Crippen LogP contribution in [0, 0.1) is 5.82 Å². The number of hydrogen-bond donors (Lipinski definition) is 1. The van der Waals surface area contributed by atoms with Gasteiger partial charge in [-0.2, -0.15) is 0 Å². The van der Waals surface area contributed by atoms with Crippen LogP contribution < -0.4 is 10.5 Å². The van der Waals surface area contributed by atoms with Gasteiger partial charge in [-0.3, -0.25) is 0 Å². The van der Waals surface area contributed by atoms with E-state index in [4.69, 9.17) is 10.5 Å². The van der Waals surface area contributed by atoms with Gasteiger partial charge in [-0.25, -0.2) is 9.18 Å². The van der Waals surface area contributed by atoms with Crippen molar-refractivity contribution in [2.45, 2.75) is 19.9 Å². The first-order chi connectivity index (χ1) is 8.99. The van der Waals surface area contributed by atoms with Gasteiger partial charge in [0.1, 0.15) is 22.9 Å². The molecule has 0 unspecified atom stereocenters. The van der Waals surface area contributed by atoms with Gasteiger partial charge in [0.25, 0.3) is 0 Å². The smallest absolute Gasteiger partial charge is 0.347 e. The molecule has 2 rings (SSSR count). The van der Waals surface area contributed by atoms with E-state index < -0.39 is 5.97 Å². The molecule has 0 radical (unpaired) electrons. The molecule has 0 saturated carbocycles. The predicted octanol–water partition coefficient (Wildman–Crippen LogP) is 3.01. The normalized spacial score (nSPS) is 10.7. The predicted molar refractivity (Wildman–Crippen MR) is 70.6 cm³/mol. The van der Waals surface area contributed by atoms with Crippen LogP contribution >= 0.6 is 0 Å². The standard InChI is InChI=1S/C14H15FN2O2/c1-9(2)17-8-7-12(13(17)16)14(18)19-11-5-3-10(15)4-6-11/h3-9H,16H2,1-2H3. The highest BCUT2D eigenvalue weighted by Crippen LogP contribution is 2.21. The summed E-state index contributed by atoms with van der Waals surface area (Å²) in [5, 5.41) is 0. The van der Waals surface area contributed by atoms with Gasteiger partial charge in [-0.1, -0.05) is 0 Å². The summed E-state index contributed by atoms with van der Waals surface area (Å²) in [6, 6.07) is 7.01. The fourth-order valence-corrected chi connectivity index (χ4v) is 1.75. The molecule has 0 aliphatic rings. The van der Waals surface area contributed by atoms with E-state index in [9.17, 15) is 9.18 Å². The fourth-order valence-electron chi connectivity index (χ4n) is 1.75. The molecule has 0 amide bonds. The quantitative estimate of drug-likeness (QED) is 0.683. The lowest BCUT2D eigenvalue weighted by atomic mass is 10.3. The molecule has 0 saturated heterocycles. The van der Waals surface area contributed by atoms with Crippen molar-refractivity contribution in [3.05, 3.63) is 47.9 Å². The third-order valence-corrected chi connectivity index (χ3v) is 2.76. The third kappa shape index (κ3) is 2.76. The van der Waals surface area contributed by atoms with Crippen LogP contribution in [0.25, 0.3) is 0 Å². The largest absolute Gasteiger partial charge is 0.423 e. The average molecular weight is 262 g/mol. The highest BCUT2D eigenvalue weighted by atomic mass is 19.1. The molecule has 0 fully saturated rings. The zero-order valence-corrected chi connectivity index (χ0v) is 10.8. The zero-order chi connectivity index (χ0) is 14.0. The Morgan fingerprint density at radius 2 is 1.89 bits per heavy atom. The second kappa shape index (κ2) is 5.14. The number of nitrogens with zero attached hydrogens (tertiary/aromatic N) is 1. The monoisotopic (exact) mass is 262 g/mol. The van der Waals surface area contributed by atoms with Gasteiger partial charge >= 0.3 is 5.97 Å². The molecule has 0 spiro atoms. The lowest BCUT2D eigenvalue weighted by Gasteiger charge is -2.10. The summed E-state index contributed by atoms with van der Waals surface area (Å²) in [5.74, 6) is -0.293. The number of aromatic nitrogens is 1. The van der Waals surface area contributed by atoms with Crippen LogP contribution in [0.4, 0.5) is 10.2 Å². The van der Waals surface area contributed by atoms with E-state index in [1.54, 1.807) is 16.8 Å². The lowest BCUT2D eigenvalue weighted by molar-refractivity contribution is 0.0735. The molecule has 1 aromatic carbocycles. The summed E-state index contributed by atoms with van der Waals surface area (Å²) >= 11 is 0. The Morgan fingerprint density at radius 3 is 2.42 bits per heavy atom. The molecule has 2 N–H and O–H groups in total. The van der Waals surface area contributed by atoms with E-state index >= 15 is 0 Å². The van der Waals surface area contributed by atoms with Crippen LogP contribution in [0.5, 0.6) is 5.75 Å². The van der Waals surface area contributed by atoms with E-state index in [1.165, 1.54) is 24.3 Å². The molecule has 19 heavy (non-hydrogen) atoms. The summed E-state index contributed by atoms with van der Waals surface area (Å²) in [7, 11) is 0. The van der Waals surface area contributed by atoms with Crippen molar-refractivity contribution in [3.63, 3.8) is 0 Å². The third-order valence-electron chi connectivity index (χ3n) is 2.76. The maximum absolute atomic E-state index is 12.7. The van der Waals surface area contributed by atoms with E-state index in [2.05, 4.69) is 0 Å². The molecular formula is C14H15FN2O2. The molecule has 0 aliphatic carbocycles. The number of nitrogens with two attached hydrogens (primary N) is 1. The van der Waals surface area contributed by atoms with Crippen molar-refractivity contribution in [2.75, 3.05) is 5.73 Å². The Balaban J connectivity index is 2.18. The highest BCUT2D eigenvalue weighted by Gasteiger charge is 2.17. The summed E-state index contributed by atoms with van der Waals surface area (Å²) in [6.45, 7) is 3.93. The second-order valence-corrected chi connectivity index (χ2v) is 4.46. The summed E-state index contributed by atoms with van der Waals surface area (Å²) < 4.78 is 19.6. The number of carbonyl (C=O) groups excluding carboxylic acids is 1. The Morgan fingerprint density at radius 1 is 1.26 bits per heavy atom. The molecule has 1 heterocycles. The van der Waals surface area contributed by atoms with E-state index in [-0.39, 0.29) is 17.6 Å². The molecule has 0 aliphatic heterocycles. The van der Waals surface area contributed by atoms with Crippen LogP contribution in [0.15, 0.2) is 36.5 Å². The SMILES string of the molecule is CC(C)n1ccc(C(=O)Oc2ccc(F)cc2)c1N. The Bertz CT molecular complexity index is 588. The van der Waals surface area contributed by atoms with Crippen molar-refractivity contribution < 1.29 is 13.9 Å². The Kier molecular flexibility index (Phi) is 3.55. The van der Waals surface area contributed by atoms with Gasteiger partial charge in [0.15, 0.2) is 0 Å². The van der Waals surface area contributed by atoms with Crippen LogP contribution in [0.2, 0.25) is 0 Å². The first kappa shape index (κ1) is 13.1. The van der Waals surface area contributed by atoms with Gasteiger partial charge in [-0.15, -0.1) is 0 Å². The maximum Gasteiger partial charge on any atom is 0.347 e. The average Bonchev–Trinajstić information content (AvgIpc) is 2.74. The molecule has 4 nitrogen and oxygen atoms in total. The number of rotatable bonds is 3.